The number of aliphatic hydroxyl groups is 4. The summed E-state index contributed by atoms with van der Waals surface area (Å²) in [6, 6.07) is 22.3. The fraction of sp³-hybridized carbons (Fsp3) is 0.333. The number of fused-ring (bicyclic) bond motifs is 1. The molecule has 1 fully saturated rings. The van der Waals surface area contributed by atoms with Gasteiger partial charge in [0.25, 0.3) is 0 Å². The summed E-state index contributed by atoms with van der Waals surface area (Å²) in [6.45, 7) is -0.433. The van der Waals surface area contributed by atoms with Crippen LogP contribution < -0.4 is 0 Å². The van der Waals surface area contributed by atoms with Crippen LogP contribution in [0.25, 0.3) is 10.8 Å². The van der Waals surface area contributed by atoms with E-state index in [4.69, 9.17) is 4.74 Å². The molecule has 1 aliphatic heterocycles. The van der Waals surface area contributed by atoms with Gasteiger partial charge in [0, 0.05) is 0 Å². The van der Waals surface area contributed by atoms with E-state index >= 15 is 0 Å². The number of aryl methyl sites for hydroxylation is 2. The molecule has 0 aromatic heterocycles. The maximum absolute atomic E-state index is 10.5. The Labute approximate surface area is 169 Å². The molecule has 3 aromatic rings. The van der Waals surface area contributed by atoms with Gasteiger partial charge in [-0.05, 0) is 46.4 Å². The van der Waals surface area contributed by atoms with Crippen molar-refractivity contribution in [3.8, 4) is 0 Å². The van der Waals surface area contributed by atoms with Crippen LogP contribution in [-0.4, -0.2) is 51.4 Å². The van der Waals surface area contributed by atoms with Gasteiger partial charge in [0.05, 0.1) is 6.61 Å². The Morgan fingerprint density at radius 2 is 1.55 bits per heavy atom. The van der Waals surface area contributed by atoms with E-state index in [-0.39, 0.29) is 0 Å². The molecule has 1 saturated heterocycles. The van der Waals surface area contributed by atoms with E-state index in [0.29, 0.717) is 5.56 Å². The van der Waals surface area contributed by atoms with E-state index in [1.54, 1.807) is 0 Å². The van der Waals surface area contributed by atoms with Crippen LogP contribution in [0, 0.1) is 0 Å². The number of benzene rings is 3. The average Bonchev–Trinajstić information content (AvgIpc) is 2.77. The Balaban J connectivity index is 1.64. The van der Waals surface area contributed by atoms with Crippen molar-refractivity contribution in [1.82, 2.24) is 0 Å². The molecule has 29 heavy (non-hydrogen) atoms. The summed E-state index contributed by atoms with van der Waals surface area (Å²) < 4.78 is 5.72. The normalized spacial score (nSPS) is 27.2. The van der Waals surface area contributed by atoms with Gasteiger partial charge in [0.1, 0.15) is 30.5 Å². The summed E-state index contributed by atoms with van der Waals surface area (Å²) in [4.78, 5) is 0. The largest absolute Gasteiger partial charge is 0.394 e. The lowest BCUT2D eigenvalue weighted by Crippen LogP contribution is -2.55. The molecule has 152 valence electrons. The van der Waals surface area contributed by atoms with Crippen molar-refractivity contribution in [2.24, 2.45) is 0 Å². The van der Waals surface area contributed by atoms with Crippen LogP contribution in [0.15, 0.2) is 66.7 Å². The van der Waals surface area contributed by atoms with Crippen LogP contribution >= 0.6 is 0 Å². The molecular weight excluding hydrogens is 368 g/mol. The monoisotopic (exact) mass is 394 g/mol. The minimum atomic E-state index is -1.38. The van der Waals surface area contributed by atoms with Crippen LogP contribution in [0.5, 0.6) is 0 Å². The summed E-state index contributed by atoms with van der Waals surface area (Å²) in [5.74, 6) is 0. The van der Waals surface area contributed by atoms with E-state index < -0.39 is 37.1 Å². The molecule has 0 bridgehead atoms. The first-order valence-corrected chi connectivity index (χ1v) is 9.94. The maximum Gasteiger partial charge on any atom is 0.113 e. The SMILES string of the molecule is OC[C@H]1O[C@@H](c2ccc3cccc(CCc4ccccc4)c3c2)[C@H](O)[C@@H](O)[C@@H]1O. The second-order valence-electron chi connectivity index (χ2n) is 7.63. The van der Waals surface area contributed by atoms with Crippen molar-refractivity contribution in [3.63, 3.8) is 0 Å². The Morgan fingerprint density at radius 1 is 0.759 bits per heavy atom. The maximum atomic E-state index is 10.5. The molecular formula is C24H26O5. The van der Waals surface area contributed by atoms with Crippen molar-refractivity contribution in [2.75, 3.05) is 6.61 Å². The highest BCUT2D eigenvalue weighted by Crippen LogP contribution is 2.34. The standard InChI is InChI=1S/C24H26O5/c25-14-20-21(26)22(27)23(28)24(29-20)18-12-11-17-8-4-7-16(19(17)13-18)10-9-15-5-2-1-3-6-15/h1-8,11-13,20-28H,9-10,14H2/t20-,21-,22+,23-,24+/m1/s1. The molecule has 1 heterocycles. The first-order chi connectivity index (χ1) is 14.1. The van der Waals surface area contributed by atoms with Gasteiger partial charge in [-0.15, -0.1) is 0 Å². The lowest BCUT2D eigenvalue weighted by molar-refractivity contribution is -0.231. The number of hydrogen-bond acceptors (Lipinski definition) is 5. The minimum absolute atomic E-state index is 0.433. The molecule has 3 aromatic carbocycles. The quantitative estimate of drug-likeness (QED) is 0.532. The van der Waals surface area contributed by atoms with E-state index in [1.807, 2.05) is 48.5 Å². The zero-order chi connectivity index (χ0) is 20.4. The third-order valence-corrected chi connectivity index (χ3v) is 5.74. The lowest BCUT2D eigenvalue weighted by Gasteiger charge is -2.40. The highest BCUT2D eigenvalue weighted by atomic mass is 16.5. The summed E-state index contributed by atoms with van der Waals surface area (Å²) >= 11 is 0. The Morgan fingerprint density at radius 3 is 2.31 bits per heavy atom. The number of ether oxygens (including phenoxy) is 1. The highest BCUT2D eigenvalue weighted by Gasteiger charge is 2.43. The van der Waals surface area contributed by atoms with Crippen molar-refractivity contribution >= 4 is 10.8 Å². The first kappa shape index (κ1) is 20.0. The van der Waals surface area contributed by atoms with Gasteiger partial charge in [-0.3, -0.25) is 0 Å². The van der Waals surface area contributed by atoms with Crippen LogP contribution in [-0.2, 0) is 17.6 Å². The van der Waals surface area contributed by atoms with Gasteiger partial charge in [-0.25, -0.2) is 0 Å². The second-order valence-corrected chi connectivity index (χ2v) is 7.63. The molecule has 0 radical (unpaired) electrons. The number of rotatable bonds is 5. The third-order valence-electron chi connectivity index (χ3n) is 5.74. The summed E-state index contributed by atoms with van der Waals surface area (Å²) in [6.07, 6.45) is -3.95. The van der Waals surface area contributed by atoms with E-state index in [1.165, 1.54) is 11.1 Å². The Bertz CT molecular complexity index is 956. The van der Waals surface area contributed by atoms with Crippen LogP contribution in [0.3, 0.4) is 0 Å². The van der Waals surface area contributed by atoms with Crippen molar-refractivity contribution in [1.29, 1.82) is 0 Å². The summed E-state index contributed by atoms with van der Waals surface area (Å²) in [5.41, 5.74) is 3.17. The fourth-order valence-electron chi connectivity index (χ4n) is 4.05. The molecule has 0 amide bonds. The first-order valence-electron chi connectivity index (χ1n) is 9.94. The van der Waals surface area contributed by atoms with Crippen LogP contribution in [0.4, 0.5) is 0 Å². The van der Waals surface area contributed by atoms with Crippen LogP contribution in [0.1, 0.15) is 22.8 Å². The molecule has 4 rings (SSSR count). The number of aliphatic hydroxyl groups excluding tert-OH is 4. The predicted octanol–water partition coefficient (Wildman–Crippen LogP) is 2.14. The smallest absolute Gasteiger partial charge is 0.113 e. The second kappa shape index (κ2) is 8.61. The average molecular weight is 394 g/mol. The molecule has 1 aliphatic rings. The van der Waals surface area contributed by atoms with Gasteiger partial charge in [0.2, 0.25) is 0 Å². The Hall–Kier alpha value is -2.28. The van der Waals surface area contributed by atoms with Gasteiger partial charge in [-0.1, -0.05) is 60.7 Å². The highest BCUT2D eigenvalue weighted by molar-refractivity contribution is 5.86. The Kier molecular flexibility index (Phi) is 5.94. The molecule has 4 N–H and O–H groups in total. The predicted molar refractivity (Wildman–Crippen MR) is 111 cm³/mol. The minimum Gasteiger partial charge on any atom is -0.394 e. The topological polar surface area (TPSA) is 90.2 Å². The number of hydrogen-bond donors (Lipinski definition) is 4. The van der Waals surface area contributed by atoms with E-state index in [2.05, 4.69) is 18.2 Å². The van der Waals surface area contributed by atoms with Gasteiger partial charge >= 0.3 is 0 Å². The van der Waals surface area contributed by atoms with Gasteiger partial charge < -0.3 is 25.2 Å². The van der Waals surface area contributed by atoms with Crippen molar-refractivity contribution < 1.29 is 25.2 Å². The third kappa shape index (κ3) is 4.06. The zero-order valence-corrected chi connectivity index (χ0v) is 16.1. The van der Waals surface area contributed by atoms with Crippen LogP contribution in [0.2, 0.25) is 0 Å². The molecule has 0 aliphatic carbocycles. The molecule has 0 saturated carbocycles. The molecule has 5 atom stereocenters. The van der Waals surface area contributed by atoms with Crippen molar-refractivity contribution in [2.45, 2.75) is 43.4 Å². The van der Waals surface area contributed by atoms with E-state index in [0.717, 1.165) is 23.6 Å². The summed E-state index contributed by atoms with van der Waals surface area (Å²) in [7, 11) is 0. The van der Waals surface area contributed by atoms with E-state index in [9.17, 15) is 20.4 Å². The summed E-state index contributed by atoms with van der Waals surface area (Å²) in [5, 5.41) is 42.2. The van der Waals surface area contributed by atoms with Crippen molar-refractivity contribution in [3.05, 3.63) is 83.4 Å². The lowest BCUT2D eigenvalue weighted by atomic mass is 9.89. The fourth-order valence-corrected chi connectivity index (χ4v) is 4.05. The molecule has 0 unspecified atom stereocenters. The molecule has 5 heteroatoms. The van der Waals surface area contributed by atoms with Gasteiger partial charge in [0.15, 0.2) is 0 Å². The zero-order valence-electron chi connectivity index (χ0n) is 16.1. The molecule has 5 nitrogen and oxygen atoms in total. The van der Waals surface area contributed by atoms with Gasteiger partial charge in [-0.2, -0.15) is 0 Å². The molecule has 0 spiro atoms.